The van der Waals surface area contributed by atoms with Gasteiger partial charge in [-0.15, -0.1) is 0 Å². The van der Waals surface area contributed by atoms with Gasteiger partial charge in [0, 0.05) is 18.5 Å². The highest BCUT2D eigenvalue weighted by Crippen LogP contribution is 2.53. The van der Waals surface area contributed by atoms with E-state index >= 15 is 0 Å². The number of aromatic nitrogens is 1. The highest BCUT2D eigenvalue weighted by molar-refractivity contribution is 5.82. The minimum Gasteiger partial charge on any atom is -0.359 e. The smallest absolute Gasteiger partial charge is 0.226 e. The molecule has 0 spiro atoms. The van der Waals surface area contributed by atoms with Crippen molar-refractivity contribution < 1.29 is 9.32 Å². The lowest BCUT2D eigenvalue weighted by Gasteiger charge is -2.27. The van der Waals surface area contributed by atoms with Crippen molar-refractivity contribution >= 4 is 5.91 Å². The van der Waals surface area contributed by atoms with Gasteiger partial charge in [-0.1, -0.05) is 24.4 Å². The van der Waals surface area contributed by atoms with Gasteiger partial charge < -0.3 is 9.42 Å². The number of likely N-dealkylation sites (tertiary alicyclic amines) is 1. The molecule has 4 nitrogen and oxygen atoms in total. The topological polar surface area (TPSA) is 46.3 Å². The first-order chi connectivity index (χ1) is 9.74. The van der Waals surface area contributed by atoms with Crippen LogP contribution in [0.15, 0.2) is 10.6 Å². The Morgan fingerprint density at radius 3 is 2.85 bits per heavy atom. The third-order valence-corrected chi connectivity index (χ3v) is 5.42. The second-order valence-electron chi connectivity index (χ2n) is 6.76. The predicted molar refractivity (Wildman–Crippen MR) is 73.9 cm³/mol. The monoisotopic (exact) mass is 274 g/mol. The lowest BCUT2D eigenvalue weighted by Crippen LogP contribution is -2.32. The molecule has 4 heteroatoms. The van der Waals surface area contributed by atoms with Crippen LogP contribution >= 0.6 is 0 Å². The third kappa shape index (κ3) is 1.97. The Morgan fingerprint density at radius 2 is 2.20 bits per heavy atom. The Hall–Kier alpha value is -1.32. The Kier molecular flexibility index (Phi) is 2.86. The van der Waals surface area contributed by atoms with Crippen LogP contribution in [-0.2, 0) is 4.79 Å². The SMILES string of the molecule is Cc1cc([C@@H]2CCCN2C(=O)[C@@H]2C[C@H]2C2CCC2)on1. The molecular weight excluding hydrogens is 252 g/mol. The van der Waals surface area contributed by atoms with Gasteiger partial charge >= 0.3 is 0 Å². The highest BCUT2D eigenvalue weighted by atomic mass is 16.5. The Morgan fingerprint density at radius 1 is 1.35 bits per heavy atom. The van der Waals surface area contributed by atoms with Gasteiger partial charge in [0.1, 0.15) is 0 Å². The second-order valence-corrected chi connectivity index (χ2v) is 6.76. The molecule has 1 saturated heterocycles. The molecular formula is C16H22N2O2. The van der Waals surface area contributed by atoms with Crippen LogP contribution in [0.5, 0.6) is 0 Å². The molecule has 2 saturated carbocycles. The Balaban J connectivity index is 1.45. The third-order valence-electron chi connectivity index (χ3n) is 5.42. The van der Waals surface area contributed by atoms with Crippen molar-refractivity contribution in [1.29, 1.82) is 0 Å². The molecule has 0 aromatic carbocycles. The number of hydrogen-bond donors (Lipinski definition) is 0. The largest absolute Gasteiger partial charge is 0.359 e. The van der Waals surface area contributed by atoms with Crippen LogP contribution < -0.4 is 0 Å². The van der Waals surface area contributed by atoms with E-state index in [1.165, 1.54) is 19.3 Å². The lowest BCUT2D eigenvalue weighted by atomic mass is 9.81. The maximum absolute atomic E-state index is 12.7. The molecule has 108 valence electrons. The number of rotatable bonds is 3. The molecule has 4 rings (SSSR count). The van der Waals surface area contributed by atoms with E-state index in [4.69, 9.17) is 4.52 Å². The summed E-state index contributed by atoms with van der Waals surface area (Å²) in [6, 6.07) is 2.11. The van der Waals surface area contributed by atoms with Crippen LogP contribution in [0, 0.1) is 24.7 Å². The lowest BCUT2D eigenvalue weighted by molar-refractivity contribution is -0.134. The van der Waals surface area contributed by atoms with Crippen LogP contribution in [0.1, 0.15) is 56.0 Å². The average molecular weight is 274 g/mol. The van der Waals surface area contributed by atoms with E-state index in [1.807, 2.05) is 13.0 Å². The van der Waals surface area contributed by atoms with E-state index in [-0.39, 0.29) is 6.04 Å². The highest BCUT2D eigenvalue weighted by Gasteiger charge is 2.51. The molecule has 2 heterocycles. The molecule has 3 aliphatic rings. The van der Waals surface area contributed by atoms with Crippen LogP contribution in [0.3, 0.4) is 0 Å². The molecule has 20 heavy (non-hydrogen) atoms. The summed E-state index contributed by atoms with van der Waals surface area (Å²) in [5.41, 5.74) is 0.901. The molecule has 2 aliphatic carbocycles. The zero-order valence-electron chi connectivity index (χ0n) is 12.0. The first kappa shape index (κ1) is 12.4. The van der Waals surface area contributed by atoms with Crippen molar-refractivity contribution in [3.63, 3.8) is 0 Å². The van der Waals surface area contributed by atoms with Gasteiger partial charge in [-0.25, -0.2) is 0 Å². The van der Waals surface area contributed by atoms with Gasteiger partial charge in [-0.2, -0.15) is 0 Å². The number of hydrogen-bond acceptors (Lipinski definition) is 3. The molecule has 1 amide bonds. The van der Waals surface area contributed by atoms with Crippen molar-refractivity contribution in [3.8, 4) is 0 Å². The van der Waals surface area contributed by atoms with Crippen LogP contribution in [0.2, 0.25) is 0 Å². The standard InChI is InChI=1S/C16H22N2O2/c1-10-8-15(20-17-10)14-6-3-7-18(14)16(19)13-9-12(13)11-4-2-5-11/h8,11-14H,2-7,9H2,1H3/t12-,13+,14-/m0/s1. The molecule has 3 atom stereocenters. The van der Waals surface area contributed by atoms with Gasteiger partial charge in [-0.3, -0.25) is 4.79 Å². The van der Waals surface area contributed by atoms with E-state index < -0.39 is 0 Å². The predicted octanol–water partition coefficient (Wildman–Crippen LogP) is 3.08. The molecule has 1 aliphatic heterocycles. The van der Waals surface area contributed by atoms with Gasteiger partial charge in [-0.05, 0) is 38.0 Å². The number of carbonyl (C=O) groups is 1. The number of nitrogens with zero attached hydrogens (tertiary/aromatic N) is 2. The molecule has 1 aromatic heterocycles. The number of amides is 1. The van der Waals surface area contributed by atoms with Crippen molar-refractivity contribution in [2.75, 3.05) is 6.54 Å². The van der Waals surface area contributed by atoms with Gasteiger partial charge in [0.25, 0.3) is 0 Å². The van der Waals surface area contributed by atoms with Crippen LogP contribution in [-0.4, -0.2) is 22.5 Å². The van der Waals surface area contributed by atoms with E-state index in [0.717, 1.165) is 43.2 Å². The van der Waals surface area contributed by atoms with Gasteiger partial charge in [0.05, 0.1) is 11.7 Å². The van der Waals surface area contributed by atoms with Crippen molar-refractivity contribution in [2.24, 2.45) is 17.8 Å². The normalized spacial score (nSPS) is 33.2. The summed E-state index contributed by atoms with van der Waals surface area (Å²) in [5.74, 6) is 3.09. The van der Waals surface area contributed by atoms with Crippen molar-refractivity contribution in [3.05, 3.63) is 17.5 Å². The van der Waals surface area contributed by atoms with Crippen molar-refractivity contribution in [1.82, 2.24) is 10.1 Å². The van der Waals surface area contributed by atoms with E-state index in [0.29, 0.717) is 17.7 Å². The van der Waals surface area contributed by atoms with Gasteiger partial charge in [0.15, 0.2) is 5.76 Å². The maximum atomic E-state index is 12.7. The van der Waals surface area contributed by atoms with Crippen LogP contribution in [0.25, 0.3) is 0 Å². The fraction of sp³-hybridized carbons (Fsp3) is 0.750. The first-order valence-corrected chi connectivity index (χ1v) is 7.98. The fourth-order valence-electron chi connectivity index (χ4n) is 3.97. The summed E-state index contributed by atoms with van der Waals surface area (Å²) >= 11 is 0. The van der Waals surface area contributed by atoms with Crippen molar-refractivity contribution in [2.45, 2.75) is 51.5 Å². The van der Waals surface area contributed by atoms with E-state index in [9.17, 15) is 4.79 Å². The van der Waals surface area contributed by atoms with Gasteiger partial charge in [0.2, 0.25) is 5.91 Å². The second kappa shape index (κ2) is 4.61. The number of carbonyl (C=O) groups excluding carboxylic acids is 1. The zero-order chi connectivity index (χ0) is 13.7. The Bertz CT molecular complexity index is 520. The summed E-state index contributed by atoms with van der Waals surface area (Å²) in [6.07, 6.45) is 7.28. The van der Waals surface area contributed by atoms with Crippen LogP contribution in [0.4, 0.5) is 0 Å². The summed E-state index contributed by atoms with van der Waals surface area (Å²) in [4.78, 5) is 14.8. The minimum absolute atomic E-state index is 0.131. The fourth-order valence-corrected chi connectivity index (χ4v) is 3.97. The summed E-state index contributed by atoms with van der Waals surface area (Å²) in [6.45, 7) is 2.82. The Labute approximate surface area is 119 Å². The van der Waals surface area contributed by atoms with E-state index in [1.54, 1.807) is 0 Å². The summed E-state index contributed by atoms with van der Waals surface area (Å²) < 4.78 is 5.39. The molecule has 3 fully saturated rings. The number of aryl methyl sites for hydroxylation is 1. The quantitative estimate of drug-likeness (QED) is 0.851. The van der Waals surface area contributed by atoms with E-state index in [2.05, 4.69) is 10.1 Å². The molecule has 0 bridgehead atoms. The summed E-state index contributed by atoms with van der Waals surface area (Å²) in [5, 5.41) is 3.97. The average Bonchev–Trinajstić information content (AvgIpc) is 2.82. The minimum atomic E-state index is 0.131. The zero-order valence-corrected chi connectivity index (χ0v) is 12.0. The molecule has 0 unspecified atom stereocenters. The first-order valence-electron chi connectivity index (χ1n) is 7.98. The molecule has 1 aromatic rings. The molecule has 0 radical (unpaired) electrons. The maximum Gasteiger partial charge on any atom is 0.226 e. The molecule has 0 N–H and O–H groups in total. The summed E-state index contributed by atoms with van der Waals surface area (Å²) in [7, 11) is 0.